The summed E-state index contributed by atoms with van der Waals surface area (Å²) in [6.07, 6.45) is 11.1. The number of halogens is 2. The standard InChI is InChI=1S/C22H38N4O3.2ClH/c1-24(18-7-3-2-4-8-18)13-6-14-26-17-22(29-21(26)28)10-15-25(16-11-22)20(27)19-9-5-12-23-19;;/h18-19,23H,2-17H2,1H3;2*1H/t19-;;/m1../s1. The average molecular weight is 479 g/mol. The number of nitrogens with zero attached hydrogens (tertiary/aromatic N) is 3. The number of nitrogens with one attached hydrogen (secondary N) is 1. The Morgan fingerprint density at radius 3 is 2.48 bits per heavy atom. The third kappa shape index (κ3) is 6.40. The molecule has 0 aromatic rings. The molecule has 31 heavy (non-hydrogen) atoms. The summed E-state index contributed by atoms with van der Waals surface area (Å²) in [6, 6.07) is 0.713. The second kappa shape index (κ2) is 11.9. The number of rotatable bonds is 6. The Bertz CT molecular complexity index is 589. The quantitative estimate of drug-likeness (QED) is 0.635. The summed E-state index contributed by atoms with van der Waals surface area (Å²) in [7, 11) is 2.23. The van der Waals surface area contributed by atoms with Gasteiger partial charge in [0.25, 0.3) is 0 Å². The second-order valence-corrected chi connectivity index (χ2v) is 9.57. The molecule has 0 aromatic carbocycles. The first-order valence-corrected chi connectivity index (χ1v) is 11.8. The molecule has 1 N–H and O–H groups in total. The Labute approximate surface area is 199 Å². The molecule has 7 nitrogen and oxygen atoms in total. The SMILES string of the molecule is CN(CCCN1CC2(CCN(C(=O)[C@H]3CCCN3)CC2)OC1=O)C1CCCCC1.Cl.Cl. The molecule has 1 aliphatic carbocycles. The fourth-order valence-electron chi connectivity index (χ4n) is 5.59. The van der Waals surface area contributed by atoms with Gasteiger partial charge in [-0.05, 0) is 52.2 Å². The van der Waals surface area contributed by atoms with E-state index in [0.29, 0.717) is 19.6 Å². The minimum Gasteiger partial charge on any atom is -0.441 e. The molecule has 1 atom stereocenters. The molecule has 4 aliphatic rings. The van der Waals surface area contributed by atoms with Crippen LogP contribution in [0.15, 0.2) is 0 Å². The Kier molecular flexibility index (Phi) is 10.2. The lowest BCUT2D eigenvalue weighted by atomic mass is 9.91. The van der Waals surface area contributed by atoms with E-state index in [2.05, 4.69) is 17.3 Å². The fourth-order valence-corrected chi connectivity index (χ4v) is 5.59. The van der Waals surface area contributed by atoms with Crippen molar-refractivity contribution in [1.29, 1.82) is 0 Å². The zero-order valence-electron chi connectivity index (χ0n) is 18.9. The van der Waals surface area contributed by atoms with E-state index < -0.39 is 0 Å². The minimum atomic E-state index is -0.383. The van der Waals surface area contributed by atoms with E-state index in [4.69, 9.17) is 4.74 Å². The van der Waals surface area contributed by atoms with E-state index in [-0.39, 0.29) is 48.5 Å². The van der Waals surface area contributed by atoms with Crippen molar-refractivity contribution in [2.75, 3.05) is 46.3 Å². The lowest BCUT2D eigenvalue weighted by molar-refractivity contribution is -0.136. The maximum Gasteiger partial charge on any atom is 0.410 e. The molecule has 4 rings (SSSR count). The maximum absolute atomic E-state index is 12.6. The van der Waals surface area contributed by atoms with Crippen LogP contribution in [0.5, 0.6) is 0 Å². The normalized spacial score (nSPS) is 26.0. The largest absolute Gasteiger partial charge is 0.441 e. The Balaban J connectivity index is 0.00000171. The molecule has 1 spiro atoms. The number of carbonyl (C=O) groups is 2. The Morgan fingerprint density at radius 1 is 1.13 bits per heavy atom. The number of ether oxygens (including phenoxy) is 1. The van der Waals surface area contributed by atoms with Gasteiger partial charge in [0.1, 0.15) is 5.60 Å². The lowest BCUT2D eigenvalue weighted by Gasteiger charge is -2.38. The molecular formula is C22H40Cl2N4O3. The lowest BCUT2D eigenvalue weighted by Crippen LogP contribution is -2.52. The number of carbonyl (C=O) groups excluding carboxylic acids is 2. The summed E-state index contributed by atoms with van der Waals surface area (Å²) in [5.74, 6) is 0.226. The molecule has 9 heteroatoms. The van der Waals surface area contributed by atoms with Crippen molar-refractivity contribution in [1.82, 2.24) is 20.0 Å². The molecule has 0 unspecified atom stereocenters. The van der Waals surface area contributed by atoms with E-state index in [1.165, 1.54) is 32.1 Å². The number of piperidine rings is 1. The predicted molar refractivity (Wildman–Crippen MR) is 126 cm³/mol. The van der Waals surface area contributed by atoms with Gasteiger partial charge in [-0.1, -0.05) is 19.3 Å². The van der Waals surface area contributed by atoms with E-state index in [1.807, 2.05) is 9.80 Å². The van der Waals surface area contributed by atoms with E-state index in [0.717, 1.165) is 57.8 Å². The van der Waals surface area contributed by atoms with Gasteiger partial charge in [0.15, 0.2) is 0 Å². The van der Waals surface area contributed by atoms with Crippen LogP contribution in [0.25, 0.3) is 0 Å². The Morgan fingerprint density at radius 2 is 1.84 bits per heavy atom. The molecule has 0 radical (unpaired) electrons. The fraction of sp³-hybridized carbons (Fsp3) is 0.909. The minimum absolute atomic E-state index is 0. The van der Waals surface area contributed by atoms with Gasteiger partial charge in [0.05, 0.1) is 12.6 Å². The highest BCUT2D eigenvalue weighted by Crippen LogP contribution is 2.33. The highest BCUT2D eigenvalue weighted by atomic mass is 35.5. The van der Waals surface area contributed by atoms with Crippen LogP contribution in [0.1, 0.15) is 64.2 Å². The maximum atomic E-state index is 12.6. The summed E-state index contributed by atoms with van der Waals surface area (Å²) in [6.45, 7) is 4.83. The van der Waals surface area contributed by atoms with E-state index >= 15 is 0 Å². The van der Waals surface area contributed by atoms with Crippen LogP contribution in [0.4, 0.5) is 4.79 Å². The molecule has 3 aliphatic heterocycles. The molecule has 180 valence electrons. The molecule has 3 heterocycles. The van der Waals surface area contributed by atoms with Crippen LogP contribution in [-0.2, 0) is 9.53 Å². The first-order chi connectivity index (χ1) is 14.1. The smallest absolute Gasteiger partial charge is 0.410 e. The van der Waals surface area contributed by atoms with Crippen LogP contribution in [-0.4, -0.2) is 90.7 Å². The first-order valence-electron chi connectivity index (χ1n) is 11.8. The molecule has 2 amide bonds. The summed E-state index contributed by atoms with van der Waals surface area (Å²) in [5, 5.41) is 3.30. The van der Waals surface area contributed by atoms with Gasteiger partial charge in [-0.3, -0.25) is 4.79 Å². The molecule has 0 bridgehead atoms. The van der Waals surface area contributed by atoms with E-state index in [1.54, 1.807) is 0 Å². The van der Waals surface area contributed by atoms with Crippen molar-refractivity contribution in [3.63, 3.8) is 0 Å². The van der Waals surface area contributed by atoms with Gasteiger partial charge in [-0.25, -0.2) is 4.79 Å². The zero-order chi connectivity index (χ0) is 20.3. The van der Waals surface area contributed by atoms with Crippen LogP contribution in [0, 0.1) is 0 Å². The summed E-state index contributed by atoms with van der Waals surface area (Å²) >= 11 is 0. The van der Waals surface area contributed by atoms with Crippen molar-refractivity contribution < 1.29 is 14.3 Å². The van der Waals surface area contributed by atoms with Gasteiger partial charge in [0, 0.05) is 38.5 Å². The highest BCUT2D eigenvalue weighted by molar-refractivity contribution is 5.85. The van der Waals surface area contributed by atoms with Crippen molar-refractivity contribution in [2.24, 2.45) is 0 Å². The van der Waals surface area contributed by atoms with Crippen molar-refractivity contribution in [3.05, 3.63) is 0 Å². The number of likely N-dealkylation sites (tertiary alicyclic amines) is 1. The van der Waals surface area contributed by atoms with E-state index in [9.17, 15) is 9.59 Å². The average Bonchev–Trinajstić information content (AvgIpc) is 3.38. The third-order valence-corrected chi connectivity index (χ3v) is 7.52. The Hall–Kier alpha value is -0.760. The molecule has 3 saturated heterocycles. The van der Waals surface area contributed by atoms with Crippen molar-refractivity contribution in [2.45, 2.75) is 81.9 Å². The summed E-state index contributed by atoms with van der Waals surface area (Å²) in [5.41, 5.74) is -0.383. The molecule has 4 fully saturated rings. The number of hydrogen-bond donors (Lipinski definition) is 1. The van der Waals surface area contributed by atoms with Crippen molar-refractivity contribution in [3.8, 4) is 0 Å². The van der Waals surface area contributed by atoms with Crippen LogP contribution in [0.3, 0.4) is 0 Å². The van der Waals surface area contributed by atoms with Gasteiger partial charge >= 0.3 is 6.09 Å². The van der Waals surface area contributed by atoms with Gasteiger partial charge in [0.2, 0.25) is 5.91 Å². The third-order valence-electron chi connectivity index (χ3n) is 7.52. The zero-order valence-corrected chi connectivity index (χ0v) is 20.5. The van der Waals surface area contributed by atoms with Crippen LogP contribution >= 0.6 is 24.8 Å². The molecule has 1 saturated carbocycles. The summed E-state index contributed by atoms with van der Waals surface area (Å²) in [4.78, 5) is 31.4. The molecular weight excluding hydrogens is 439 g/mol. The first kappa shape index (κ1) is 26.5. The van der Waals surface area contributed by atoms with Crippen LogP contribution < -0.4 is 5.32 Å². The number of amides is 2. The predicted octanol–water partition coefficient (Wildman–Crippen LogP) is 3.05. The van der Waals surface area contributed by atoms with Gasteiger partial charge in [-0.15, -0.1) is 24.8 Å². The second-order valence-electron chi connectivity index (χ2n) is 9.57. The monoisotopic (exact) mass is 478 g/mol. The molecule has 0 aromatic heterocycles. The van der Waals surface area contributed by atoms with Crippen molar-refractivity contribution >= 4 is 36.8 Å². The van der Waals surface area contributed by atoms with Gasteiger partial charge in [-0.2, -0.15) is 0 Å². The van der Waals surface area contributed by atoms with Crippen LogP contribution in [0.2, 0.25) is 0 Å². The number of hydrogen-bond acceptors (Lipinski definition) is 5. The van der Waals surface area contributed by atoms with Gasteiger partial charge < -0.3 is 24.8 Å². The highest BCUT2D eigenvalue weighted by Gasteiger charge is 2.47. The topological polar surface area (TPSA) is 65.1 Å². The summed E-state index contributed by atoms with van der Waals surface area (Å²) < 4.78 is 5.85.